The predicted octanol–water partition coefficient (Wildman–Crippen LogP) is 1.05. The van der Waals surface area contributed by atoms with E-state index >= 15 is 0 Å². The zero-order chi connectivity index (χ0) is 14.6. The van der Waals surface area contributed by atoms with Crippen molar-refractivity contribution in [3.8, 4) is 0 Å². The van der Waals surface area contributed by atoms with Crippen molar-refractivity contribution in [3.63, 3.8) is 0 Å². The molecule has 0 aromatic rings. The van der Waals surface area contributed by atoms with E-state index in [9.17, 15) is 9.59 Å². The average molecular weight is 271 g/mol. The fourth-order valence-corrected chi connectivity index (χ4v) is 2.33. The number of urea groups is 1. The van der Waals surface area contributed by atoms with E-state index in [1.165, 1.54) is 0 Å². The van der Waals surface area contributed by atoms with Gasteiger partial charge in [-0.2, -0.15) is 0 Å². The van der Waals surface area contributed by atoms with Gasteiger partial charge in [0.15, 0.2) is 0 Å². The minimum Gasteiger partial charge on any atom is -0.480 e. The molecule has 0 radical (unpaired) electrons. The summed E-state index contributed by atoms with van der Waals surface area (Å²) in [5.74, 6) is -1.03. The van der Waals surface area contributed by atoms with Crippen LogP contribution in [-0.4, -0.2) is 35.2 Å². The van der Waals surface area contributed by atoms with Gasteiger partial charge < -0.3 is 21.5 Å². The summed E-state index contributed by atoms with van der Waals surface area (Å²) in [4.78, 5) is 23.0. The molecule has 3 atom stereocenters. The van der Waals surface area contributed by atoms with Crippen LogP contribution in [0.4, 0.5) is 4.79 Å². The standard InChI is InChI=1S/C13H25N3O3/c1-13(2,3)10(11(17)18)16-12(19)15-9-7-5-4-6-8(9)14/h8-10H,4-7,14H2,1-3H3,(H,17,18)(H2,15,16,19). The summed E-state index contributed by atoms with van der Waals surface area (Å²) in [6, 6.07) is -1.49. The molecule has 1 fully saturated rings. The molecule has 2 amide bonds. The van der Waals surface area contributed by atoms with Gasteiger partial charge in [0.1, 0.15) is 6.04 Å². The van der Waals surface area contributed by atoms with Crippen molar-refractivity contribution >= 4 is 12.0 Å². The molecular formula is C13H25N3O3. The third-order valence-electron chi connectivity index (χ3n) is 3.52. The van der Waals surface area contributed by atoms with Gasteiger partial charge in [0.2, 0.25) is 0 Å². The molecule has 1 saturated carbocycles. The van der Waals surface area contributed by atoms with Crippen LogP contribution < -0.4 is 16.4 Å². The monoisotopic (exact) mass is 271 g/mol. The molecule has 0 aromatic carbocycles. The Kier molecular flexibility index (Phi) is 5.17. The van der Waals surface area contributed by atoms with Crippen molar-refractivity contribution in [2.24, 2.45) is 11.1 Å². The lowest BCUT2D eigenvalue weighted by atomic mass is 9.87. The van der Waals surface area contributed by atoms with Gasteiger partial charge in [-0.05, 0) is 18.3 Å². The smallest absolute Gasteiger partial charge is 0.326 e. The van der Waals surface area contributed by atoms with E-state index in [2.05, 4.69) is 10.6 Å². The van der Waals surface area contributed by atoms with E-state index in [4.69, 9.17) is 10.8 Å². The van der Waals surface area contributed by atoms with Crippen LogP contribution in [0.15, 0.2) is 0 Å². The first-order valence-corrected chi connectivity index (χ1v) is 6.77. The normalized spacial score (nSPS) is 25.5. The number of carbonyl (C=O) groups excluding carboxylic acids is 1. The lowest BCUT2D eigenvalue weighted by molar-refractivity contribution is -0.141. The number of aliphatic carboxylic acids is 1. The number of hydrogen-bond donors (Lipinski definition) is 4. The second-order valence-electron chi connectivity index (χ2n) is 6.31. The lowest BCUT2D eigenvalue weighted by Gasteiger charge is -2.32. The highest BCUT2D eigenvalue weighted by Gasteiger charge is 2.33. The average Bonchev–Trinajstić information content (AvgIpc) is 2.27. The molecule has 0 spiro atoms. The quantitative estimate of drug-likeness (QED) is 0.616. The summed E-state index contributed by atoms with van der Waals surface area (Å²) in [5.41, 5.74) is 5.40. The number of rotatable bonds is 3. The topological polar surface area (TPSA) is 104 Å². The Morgan fingerprint density at radius 2 is 1.84 bits per heavy atom. The van der Waals surface area contributed by atoms with Crippen LogP contribution in [0.5, 0.6) is 0 Å². The van der Waals surface area contributed by atoms with Gasteiger partial charge in [0.25, 0.3) is 0 Å². The summed E-state index contributed by atoms with van der Waals surface area (Å²) < 4.78 is 0. The van der Waals surface area contributed by atoms with Crippen LogP contribution in [-0.2, 0) is 4.79 Å². The molecule has 0 saturated heterocycles. The van der Waals surface area contributed by atoms with E-state index in [-0.39, 0.29) is 12.1 Å². The van der Waals surface area contributed by atoms with E-state index in [1.54, 1.807) is 20.8 Å². The van der Waals surface area contributed by atoms with Crippen molar-refractivity contribution < 1.29 is 14.7 Å². The van der Waals surface area contributed by atoms with Gasteiger partial charge in [0, 0.05) is 12.1 Å². The second kappa shape index (κ2) is 6.23. The molecule has 0 aliphatic heterocycles. The van der Waals surface area contributed by atoms with Gasteiger partial charge in [0.05, 0.1) is 0 Å². The number of carbonyl (C=O) groups is 2. The van der Waals surface area contributed by atoms with Gasteiger partial charge in [-0.3, -0.25) is 0 Å². The van der Waals surface area contributed by atoms with Crippen LogP contribution in [0.2, 0.25) is 0 Å². The number of hydrogen-bond acceptors (Lipinski definition) is 3. The predicted molar refractivity (Wildman–Crippen MR) is 72.8 cm³/mol. The Hall–Kier alpha value is -1.30. The molecule has 1 rings (SSSR count). The number of amides is 2. The molecule has 3 unspecified atom stereocenters. The highest BCUT2D eigenvalue weighted by molar-refractivity contribution is 5.83. The van der Waals surface area contributed by atoms with E-state index < -0.39 is 23.5 Å². The summed E-state index contributed by atoms with van der Waals surface area (Å²) >= 11 is 0. The zero-order valence-electron chi connectivity index (χ0n) is 11.9. The third-order valence-corrected chi connectivity index (χ3v) is 3.52. The molecular weight excluding hydrogens is 246 g/mol. The van der Waals surface area contributed by atoms with Crippen molar-refractivity contribution in [1.29, 1.82) is 0 Å². The summed E-state index contributed by atoms with van der Waals surface area (Å²) in [7, 11) is 0. The number of carboxylic acids is 1. The molecule has 1 aliphatic carbocycles. The third kappa shape index (κ3) is 4.70. The Morgan fingerprint density at radius 3 is 2.32 bits per heavy atom. The first-order valence-electron chi connectivity index (χ1n) is 6.77. The van der Waals surface area contributed by atoms with Crippen LogP contribution in [0.3, 0.4) is 0 Å². The Morgan fingerprint density at radius 1 is 1.26 bits per heavy atom. The van der Waals surface area contributed by atoms with Crippen LogP contribution >= 0.6 is 0 Å². The van der Waals surface area contributed by atoms with Crippen molar-refractivity contribution in [1.82, 2.24) is 10.6 Å². The molecule has 5 N–H and O–H groups in total. The zero-order valence-corrected chi connectivity index (χ0v) is 11.9. The Bertz CT molecular complexity index is 339. The Balaban J connectivity index is 2.55. The van der Waals surface area contributed by atoms with E-state index in [0.29, 0.717) is 0 Å². The number of nitrogens with two attached hydrogens (primary N) is 1. The highest BCUT2D eigenvalue weighted by atomic mass is 16.4. The minimum absolute atomic E-state index is 0.0441. The van der Waals surface area contributed by atoms with Crippen LogP contribution in [0.25, 0.3) is 0 Å². The summed E-state index contributed by atoms with van der Waals surface area (Å²) in [6.45, 7) is 5.33. The SMILES string of the molecule is CC(C)(C)C(NC(=O)NC1CCCCC1N)C(=O)O. The largest absolute Gasteiger partial charge is 0.480 e. The molecule has 0 heterocycles. The molecule has 0 bridgehead atoms. The maximum absolute atomic E-state index is 11.9. The van der Waals surface area contributed by atoms with Gasteiger partial charge in [-0.1, -0.05) is 33.6 Å². The van der Waals surface area contributed by atoms with Crippen molar-refractivity contribution in [2.75, 3.05) is 0 Å². The molecule has 110 valence electrons. The van der Waals surface area contributed by atoms with Crippen molar-refractivity contribution in [3.05, 3.63) is 0 Å². The van der Waals surface area contributed by atoms with Crippen molar-refractivity contribution in [2.45, 2.75) is 64.6 Å². The summed E-state index contributed by atoms with van der Waals surface area (Å²) in [5, 5.41) is 14.5. The van der Waals surface area contributed by atoms with Crippen LogP contribution in [0, 0.1) is 5.41 Å². The fourth-order valence-electron chi connectivity index (χ4n) is 2.33. The highest BCUT2D eigenvalue weighted by Crippen LogP contribution is 2.20. The molecule has 0 aromatic heterocycles. The van der Waals surface area contributed by atoms with Crippen LogP contribution in [0.1, 0.15) is 46.5 Å². The van der Waals surface area contributed by atoms with Gasteiger partial charge in [-0.25, -0.2) is 9.59 Å². The first-order chi connectivity index (χ1) is 8.71. The minimum atomic E-state index is -1.03. The molecule has 1 aliphatic rings. The van der Waals surface area contributed by atoms with Gasteiger partial charge in [-0.15, -0.1) is 0 Å². The molecule has 6 heteroatoms. The molecule has 6 nitrogen and oxygen atoms in total. The first kappa shape index (κ1) is 15.8. The number of carboxylic acid groups (broad SMARTS) is 1. The maximum atomic E-state index is 11.9. The summed E-state index contributed by atoms with van der Waals surface area (Å²) in [6.07, 6.45) is 3.87. The van der Waals surface area contributed by atoms with E-state index in [1.807, 2.05) is 0 Å². The maximum Gasteiger partial charge on any atom is 0.326 e. The Labute approximate surface area is 114 Å². The van der Waals surface area contributed by atoms with Gasteiger partial charge >= 0.3 is 12.0 Å². The second-order valence-corrected chi connectivity index (χ2v) is 6.31. The van der Waals surface area contributed by atoms with E-state index in [0.717, 1.165) is 25.7 Å². The fraction of sp³-hybridized carbons (Fsp3) is 0.846. The molecule has 19 heavy (non-hydrogen) atoms. The lowest BCUT2D eigenvalue weighted by Crippen LogP contribution is -2.57. The number of nitrogens with one attached hydrogen (secondary N) is 2.